The molecule has 3 N–H and O–H groups in total. The van der Waals surface area contributed by atoms with Crippen molar-refractivity contribution >= 4 is 11.7 Å². The van der Waals surface area contributed by atoms with Crippen LogP contribution in [0.4, 0.5) is 4.79 Å². The molecule has 1 aliphatic carbocycles. The zero-order chi connectivity index (χ0) is 16.2. The minimum atomic E-state index is -0.420. The van der Waals surface area contributed by atoms with Gasteiger partial charge in [-0.3, -0.25) is 0 Å². The van der Waals surface area contributed by atoms with Crippen molar-refractivity contribution in [1.82, 2.24) is 20.0 Å². The smallest absolute Gasteiger partial charge is 0.315 e. The summed E-state index contributed by atoms with van der Waals surface area (Å²) in [4.78, 5) is 16.5. The first-order valence-corrected chi connectivity index (χ1v) is 8.29. The molecular formula is C17H24N4O2. The quantitative estimate of drug-likeness (QED) is 0.804. The Morgan fingerprint density at radius 3 is 3.04 bits per heavy atom. The lowest BCUT2D eigenvalue weighted by molar-refractivity contribution is 0.0943. The highest BCUT2D eigenvalue weighted by Gasteiger charge is 2.24. The van der Waals surface area contributed by atoms with E-state index in [0.29, 0.717) is 13.0 Å². The zero-order valence-corrected chi connectivity index (χ0v) is 13.5. The summed E-state index contributed by atoms with van der Waals surface area (Å²) in [5.74, 6) is 0. The van der Waals surface area contributed by atoms with Gasteiger partial charge < -0.3 is 20.1 Å². The summed E-state index contributed by atoms with van der Waals surface area (Å²) in [6, 6.07) is 3.69. The lowest BCUT2D eigenvalue weighted by atomic mass is 9.93. The fourth-order valence-electron chi connectivity index (χ4n) is 3.13. The molecule has 23 heavy (non-hydrogen) atoms. The maximum Gasteiger partial charge on any atom is 0.315 e. The van der Waals surface area contributed by atoms with Gasteiger partial charge in [-0.2, -0.15) is 0 Å². The predicted octanol–water partition coefficient (Wildman–Crippen LogP) is 1.79. The van der Waals surface area contributed by atoms with E-state index in [1.165, 1.54) is 0 Å². The lowest BCUT2D eigenvalue weighted by Gasteiger charge is -2.28. The Morgan fingerprint density at radius 2 is 2.26 bits per heavy atom. The number of aromatic nitrogens is 2. The minimum absolute atomic E-state index is 0.124. The molecule has 0 saturated heterocycles. The van der Waals surface area contributed by atoms with Gasteiger partial charge in [-0.05, 0) is 31.4 Å². The van der Waals surface area contributed by atoms with Gasteiger partial charge in [0.15, 0.2) is 0 Å². The summed E-state index contributed by atoms with van der Waals surface area (Å²) < 4.78 is 2.00. The predicted molar refractivity (Wildman–Crippen MR) is 88.4 cm³/mol. The van der Waals surface area contributed by atoms with Gasteiger partial charge in [-0.15, -0.1) is 0 Å². The number of hydrogen-bond acceptors (Lipinski definition) is 3. The fraction of sp³-hybridized carbons (Fsp3) is 0.529. The average Bonchev–Trinajstić information content (AvgIpc) is 2.94. The molecule has 0 aliphatic heterocycles. The Hall–Kier alpha value is -2.08. The minimum Gasteiger partial charge on any atom is -0.391 e. The van der Waals surface area contributed by atoms with Gasteiger partial charge in [0.25, 0.3) is 0 Å². The number of nitrogens with one attached hydrogen (secondary N) is 2. The maximum absolute atomic E-state index is 11.9. The van der Waals surface area contributed by atoms with Crippen LogP contribution in [0.3, 0.4) is 0 Å². The highest BCUT2D eigenvalue weighted by Crippen LogP contribution is 2.18. The largest absolute Gasteiger partial charge is 0.391 e. The van der Waals surface area contributed by atoms with Crippen LogP contribution in [0.25, 0.3) is 5.65 Å². The van der Waals surface area contributed by atoms with Crippen LogP contribution in [0.2, 0.25) is 0 Å². The molecule has 2 unspecified atom stereocenters. The molecule has 124 valence electrons. The first-order valence-electron chi connectivity index (χ1n) is 8.29. The van der Waals surface area contributed by atoms with Gasteiger partial charge in [-0.1, -0.05) is 18.9 Å². The van der Waals surface area contributed by atoms with E-state index >= 15 is 0 Å². The van der Waals surface area contributed by atoms with Crippen LogP contribution < -0.4 is 10.6 Å². The van der Waals surface area contributed by atoms with Crippen LogP contribution in [0, 0.1) is 6.92 Å². The number of urea groups is 1. The molecule has 0 radical (unpaired) electrons. The van der Waals surface area contributed by atoms with E-state index in [0.717, 1.165) is 42.6 Å². The van der Waals surface area contributed by atoms with Crippen molar-refractivity contribution in [2.24, 2.45) is 0 Å². The molecule has 2 atom stereocenters. The van der Waals surface area contributed by atoms with Crippen molar-refractivity contribution < 1.29 is 9.90 Å². The number of pyridine rings is 1. The van der Waals surface area contributed by atoms with Crippen LogP contribution in [-0.4, -0.2) is 39.2 Å². The number of aliphatic hydroxyl groups is 1. The third-order valence-corrected chi connectivity index (χ3v) is 4.44. The summed E-state index contributed by atoms with van der Waals surface area (Å²) in [7, 11) is 0. The van der Waals surface area contributed by atoms with Crippen molar-refractivity contribution in [3.05, 3.63) is 35.8 Å². The SMILES string of the molecule is Cc1cccn2cc(CCNC(=O)NC3CCCCC3O)nc12. The van der Waals surface area contributed by atoms with E-state index in [4.69, 9.17) is 0 Å². The van der Waals surface area contributed by atoms with Crippen molar-refractivity contribution in [3.63, 3.8) is 0 Å². The second kappa shape index (κ2) is 7.00. The molecule has 1 fully saturated rings. The van der Waals surface area contributed by atoms with Crippen molar-refractivity contribution in [2.45, 2.75) is 51.2 Å². The Balaban J connectivity index is 1.48. The zero-order valence-electron chi connectivity index (χ0n) is 13.5. The molecule has 6 nitrogen and oxygen atoms in total. The number of fused-ring (bicyclic) bond motifs is 1. The number of carbonyl (C=O) groups excluding carboxylic acids is 1. The first-order chi connectivity index (χ1) is 11.1. The Labute approximate surface area is 135 Å². The summed E-state index contributed by atoms with van der Waals surface area (Å²) in [6.07, 6.45) is 7.94. The number of amides is 2. The van der Waals surface area contributed by atoms with Crippen LogP contribution in [-0.2, 0) is 6.42 Å². The third-order valence-electron chi connectivity index (χ3n) is 4.44. The molecule has 0 spiro atoms. The molecule has 2 amide bonds. The van der Waals surface area contributed by atoms with Gasteiger partial charge in [0, 0.05) is 25.4 Å². The number of rotatable bonds is 4. The second-order valence-electron chi connectivity index (χ2n) is 6.26. The Bertz CT molecular complexity index is 682. The third kappa shape index (κ3) is 3.82. The first kappa shape index (κ1) is 15.8. The molecule has 1 saturated carbocycles. The monoisotopic (exact) mass is 316 g/mol. The number of aryl methyl sites for hydroxylation is 1. The molecule has 0 bridgehead atoms. The molecule has 6 heteroatoms. The molecule has 2 aromatic rings. The number of carbonyl (C=O) groups is 1. The summed E-state index contributed by atoms with van der Waals surface area (Å²) in [5.41, 5.74) is 3.05. The van der Waals surface area contributed by atoms with E-state index in [-0.39, 0.29) is 12.1 Å². The summed E-state index contributed by atoms with van der Waals surface area (Å²) in [6.45, 7) is 2.56. The van der Waals surface area contributed by atoms with Crippen LogP contribution in [0.15, 0.2) is 24.5 Å². The molecular weight excluding hydrogens is 292 g/mol. The van der Waals surface area contributed by atoms with E-state index in [1.54, 1.807) is 0 Å². The molecule has 2 heterocycles. The topological polar surface area (TPSA) is 78.7 Å². The highest BCUT2D eigenvalue weighted by molar-refractivity contribution is 5.74. The standard InChI is InChI=1S/C17H24N4O2/c1-12-5-4-10-21-11-13(19-16(12)21)8-9-18-17(23)20-14-6-2-3-7-15(14)22/h4-5,10-11,14-15,22H,2-3,6-9H2,1H3,(H2,18,20,23). The van der Waals surface area contributed by atoms with Gasteiger partial charge in [-0.25, -0.2) is 9.78 Å². The van der Waals surface area contributed by atoms with Crippen molar-refractivity contribution in [1.29, 1.82) is 0 Å². The van der Waals surface area contributed by atoms with E-state index in [1.807, 2.05) is 35.9 Å². The van der Waals surface area contributed by atoms with Gasteiger partial charge in [0.2, 0.25) is 0 Å². The van der Waals surface area contributed by atoms with E-state index in [9.17, 15) is 9.90 Å². The Morgan fingerprint density at radius 1 is 1.43 bits per heavy atom. The van der Waals surface area contributed by atoms with Gasteiger partial charge in [0.05, 0.1) is 17.8 Å². The van der Waals surface area contributed by atoms with Crippen molar-refractivity contribution in [2.75, 3.05) is 6.54 Å². The lowest BCUT2D eigenvalue weighted by Crippen LogP contribution is -2.49. The summed E-state index contributed by atoms with van der Waals surface area (Å²) >= 11 is 0. The average molecular weight is 316 g/mol. The van der Waals surface area contributed by atoms with Crippen LogP contribution in [0.1, 0.15) is 36.9 Å². The number of aliphatic hydroxyl groups excluding tert-OH is 1. The number of imidazole rings is 1. The fourth-order valence-corrected chi connectivity index (χ4v) is 3.13. The number of nitrogens with zero attached hydrogens (tertiary/aromatic N) is 2. The molecule has 3 rings (SSSR count). The molecule has 1 aliphatic rings. The second-order valence-corrected chi connectivity index (χ2v) is 6.26. The molecule has 2 aromatic heterocycles. The van der Waals surface area contributed by atoms with Crippen LogP contribution in [0.5, 0.6) is 0 Å². The van der Waals surface area contributed by atoms with E-state index < -0.39 is 6.10 Å². The Kier molecular flexibility index (Phi) is 4.81. The van der Waals surface area contributed by atoms with Crippen LogP contribution >= 0.6 is 0 Å². The normalized spacial score (nSPS) is 21.3. The van der Waals surface area contributed by atoms with Gasteiger partial charge in [0.1, 0.15) is 5.65 Å². The van der Waals surface area contributed by atoms with Crippen molar-refractivity contribution in [3.8, 4) is 0 Å². The maximum atomic E-state index is 11.9. The van der Waals surface area contributed by atoms with Gasteiger partial charge >= 0.3 is 6.03 Å². The highest BCUT2D eigenvalue weighted by atomic mass is 16.3. The van der Waals surface area contributed by atoms with E-state index in [2.05, 4.69) is 15.6 Å². The number of hydrogen-bond donors (Lipinski definition) is 3. The summed E-state index contributed by atoms with van der Waals surface area (Å²) in [5, 5.41) is 15.6. The molecule has 0 aromatic carbocycles.